The van der Waals surface area contributed by atoms with Gasteiger partial charge in [-0.15, -0.1) is 0 Å². The van der Waals surface area contributed by atoms with E-state index in [1.165, 1.54) is 0 Å². The first-order valence-corrected chi connectivity index (χ1v) is 18.5. The molecule has 9 nitrogen and oxygen atoms in total. The number of esters is 3. The van der Waals surface area contributed by atoms with Crippen molar-refractivity contribution in [1.82, 2.24) is 0 Å². The van der Waals surface area contributed by atoms with Crippen molar-refractivity contribution < 1.29 is 42.8 Å². The Morgan fingerprint density at radius 1 is 0.392 bits per heavy atom. The first-order valence-electron chi connectivity index (χ1n) is 18.5. The van der Waals surface area contributed by atoms with Gasteiger partial charge < -0.3 is 28.4 Å². The SMILES string of the molecule is C[C@@H]1OC(=O)[C@H]2O[C@H](CC[C@H]2c2ccccc2)[C@H](C)OC(=O)[C@H]2O[C@H](CC[C@H]2c2ccccc2)[C@H](C)OC(=O)[C@H]2O[C@@H]1CC[C@H]2c1ccccc1. The highest BCUT2D eigenvalue weighted by molar-refractivity contribution is 5.78. The fourth-order valence-corrected chi connectivity index (χ4v) is 8.34. The minimum Gasteiger partial charge on any atom is -0.458 e. The first-order chi connectivity index (χ1) is 24.8. The summed E-state index contributed by atoms with van der Waals surface area (Å²) in [5.41, 5.74) is 2.92. The molecule has 9 heteroatoms. The molecule has 4 aliphatic heterocycles. The van der Waals surface area contributed by atoms with E-state index < -0.39 is 72.8 Å². The van der Waals surface area contributed by atoms with Crippen LogP contribution in [0.3, 0.4) is 0 Å². The van der Waals surface area contributed by atoms with Crippen LogP contribution in [0.2, 0.25) is 0 Å². The third-order valence-electron chi connectivity index (χ3n) is 11.2. The lowest BCUT2D eigenvalue weighted by Gasteiger charge is -2.42. The zero-order valence-corrected chi connectivity index (χ0v) is 29.5. The number of carbonyl (C=O) groups is 3. The van der Waals surface area contributed by atoms with E-state index in [4.69, 9.17) is 28.4 Å². The van der Waals surface area contributed by atoms with Crippen LogP contribution in [0.1, 0.15) is 93.7 Å². The molecule has 4 fully saturated rings. The Kier molecular flexibility index (Phi) is 10.9. The topological polar surface area (TPSA) is 107 Å². The first kappa shape index (κ1) is 35.4. The van der Waals surface area contributed by atoms with Gasteiger partial charge in [-0.1, -0.05) is 91.0 Å². The number of benzene rings is 3. The average Bonchev–Trinajstić information content (AvgIpc) is 3.17. The van der Waals surface area contributed by atoms with Crippen molar-refractivity contribution in [1.29, 1.82) is 0 Å². The van der Waals surface area contributed by atoms with Crippen molar-refractivity contribution in [2.75, 3.05) is 0 Å². The van der Waals surface area contributed by atoms with E-state index in [2.05, 4.69) is 0 Å². The number of hydrogen-bond acceptors (Lipinski definition) is 9. The van der Waals surface area contributed by atoms with E-state index in [1.807, 2.05) is 91.0 Å². The van der Waals surface area contributed by atoms with E-state index in [0.29, 0.717) is 38.5 Å². The Morgan fingerprint density at radius 2 is 0.647 bits per heavy atom. The molecule has 6 bridgehead atoms. The van der Waals surface area contributed by atoms with Gasteiger partial charge in [0.25, 0.3) is 0 Å². The zero-order chi connectivity index (χ0) is 35.5. The number of cyclic esters (lactones) is 3. The normalized spacial score (nSPS) is 36.4. The summed E-state index contributed by atoms with van der Waals surface area (Å²) >= 11 is 0. The van der Waals surface area contributed by atoms with Crippen LogP contribution in [0.25, 0.3) is 0 Å². The quantitative estimate of drug-likeness (QED) is 0.216. The number of ether oxygens (including phenoxy) is 6. The molecule has 0 unspecified atom stereocenters. The van der Waals surface area contributed by atoms with Crippen molar-refractivity contribution in [3.63, 3.8) is 0 Å². The predicted octanol–water partition coefficient (Wildman–Crippen LogP) is 6.79. The highest BCUT2D eigenvalue weighted by Gasteiger charge is 2.47. The molecule has 0 N–H and O–H groups in total. The van der Waals surface area contributed by atoms with Crippen molar-refractivity contribution in [2.24, 2.45) is 0 Å². The second kappa shape index (κ2) is 15.7. The van der Waals surface area contributed by atoms with Gasteiger partial charge in [0, 0.05) is 17.8 Å². The molecule has 7 rings (SSSR count). The summed E-state index contributed by atoms with van der Waals surface area (Å²) in [7, 11) is 0. The van der Waals surface area contributed by atoms with Gasteiger partial charge in [-0.2, -0.15) is 0 Å². The molecule has 3 aromatic rings. The smallest absolute Gasteiger partial charge is 0.336 e. The van der Waals surface area contributed by atoms with Gasteiger partial charge in [-0.25, -0.2) is 14.4 Å². The monoisotopic (exact) mass is 696 g/mol. The summed E-state index contributed by atoms with van der Waals surface area (Å²) in [6.45, 7) is 5.41. The fourth-order valence-electron chi connectivity index (χ4n) is 8.34. The second-order valence-corrected chi connectivity index (χ2v) is 14.5. The summed E-state index contributed by atoms with van der Waals surface area (Å²) < 4.78 is 38.0. The highest BCUT2D eigenvalue weighted by atomic mass is 16.6. The Bertz CT molecular complexity index is 1440. The van der Waals surface area contributed by atoms with Gasteiger partial charge >= 0.3 is 17.9 Å². The Labute approximate surface area is 299 Å². The van der Waals surface area contributed by atoms with Crippen LogP contribution in [0.4, 0.5) is 0 Å². The molecule has 270 valence electrons. The maximum atomic E-state index is 14.1. The second-order valence-electron chi connectivity index (χ2n) is 14.5. The third kappa shape index (κ3) is 7.76. The van der Waals surface area contributed by atoms with Crippen LogP contribution in [0.5, 0.6) is 0 Å². The van der Waals surface area contributed by atoms with E-state index >= 15 is 0 Å². The summed E-state index contributed by atoms with van der Waals surface area (Å²) in [6.07, 6.45) is -2.66. The van der Waals surface area contributed by atoms with E-state index in [0.717, 1.165) is 16.7 Å². The summed E-state index contributed by atoms with van der Waals surface area (Å²) in [5, 5.41) is 0. The molecule has 4 aliphatic rings. The maximum Gasteiger partial charge on any atom is 0.336 e. The maximum absolute atomic E-state index is 14.1. The van der Waals surface area contributed by atoms with Gasteiger partial charge in [0.15, 0.2) is 18.3 Å². The van der Waals surface area contributed by atoms with E-state index in [9.17, 15) is 14.4 Å². The minimum absolute atomic E-state index is 0.250. The standard InChI is InChI=1S/C42H48O9/c1-25-34-22-19-31(28-13-7-4-8-14-28)38(49-34)41(44)47-27(3)36-24-21-33(30-17-11-6-12-18-30)39(51-36)42(45)48-26(2)35-23-20-32(29-15-9-5-10-16-29)37(50-35)40(43)46-25/h4-18,25-27,31-39H,19-24H2,1-3H3/t25-,26-,27-,31-,32-,33-,34+,35+,36+,37-,38-,39-/m0/s1. The number of rotatable bonds is 3. The molecule has 0 aliphatic carbocycles. The molecule has 0 aromatic heterocycles. The van der Waals surface area contributed by atoms with Crippen LogP contribution >= 0.6 is 0 Å². The van der Waals surface area contributed by atoms with E-state index in [1.54, 1.807) is 20.8 Å². The van der Waals surface area contributed by atoms with Crippen LogP contribution in [-0.2, 0) is 42.8 Å². The van der Waals surface area contributed by atoms with Crippen molar-refractivity contribution in [3.05, 3.63) is 108 Å². The Morgan fingerprint density at radius 3 is 0.902 bits per heavy atom. The third-order valence-corrected chi connectivity index (χ3v) is 11.2. The van der Waals surface area contributed by atoms with Gasteiger partial charge in [-0.3, -0.25) is 0 Å². The summed E-state index contributed by atoms with van der Waals surface area (Å²) in [6, 6.07) is 29.4. The lowest BCUT2D eigenvalue weighted by molar-refractivity contribution is -0.209. The van der Waals surface area contributed by atoms with Gasteiger partial charge in [0.2, 0.25) is 0 Å². The Balaban J connectivity index is 1.22. The van der Waals surface area contributed by atoms with E-state index in [-0.39, 0.29) is 17.8 Å². The van der Waals surface area contributed by atoms with Crippen LogP contribution in [-0.4, -0.2) is 72.8 Å². The van der Waals surface area contributed by atoms with Gasteiger partial charge in [-0.05, 0) is 76.0 Å². The molecule has 0 amide bonds. The molecule has 12 atom stereocenters. The molecule has 0 radical (unpaired) electrons. The molecular weight excluding hydrogens is 648 g/mol. The van der Waals surface area contributed by atoms with Crippen LogP contribution in [0.15, 0.2) is 91.0 Å². The van der Waals surface area contributed by atoms with Gasteiger partial charge in [0.1, 0.15) is 18.3 Å². The van der Waals surface area contributed by atoms with Gasteiger partial charge in [0.05, 0.1) is 18.3 Å². The lowest BCUT2D eigenvalue weighted by atomic mass is 9.83. The molecule has 0 saturated carbocycles. The minimum atomic E-state index is -0.928. The number of hydrogen-bond donors (Lipinski definition) is 0. The summed E-state index contributed by atoms with van der Waals surface area (Å²) in [5.74, 6) is -2.28. The molecule has 4 heterocycles. The van der Waals surface area contributed by atoms with Crippen molar-refractivity contribution in [2.45, 2.75) is 132 Å². The molecule has 3 aromatic carbocycles. The molecule has 0 spiro atoms. The zero-order valence-electron chi connectivity index (χ0n) is 29.5. The van der Waals surface area contributed by atoms with Crippen LogP contribution in [0, 0.1) is 0 Å². The largest absolute Gasteiger partial charge is 0.458 e. The lowest BCUT2D eigenvalue weighted by Crippen LogP contribution is -2.51. The van der Waals surface area contributed by atoms with Crippen molar-refractivity contribution in [3.8, 4) is 0 Å². The predicted molar refractivity (Wildman–Crippen MR) is 188 cm³/mol. The Hall–Kier alpha value is -4.05. The number of carbonyl (C=O) groups excluding carboxylic acids is 3. The molecule has 4 saturated heterocycles. The van der Waals surface area contributed by atoms with Crippen LogP contribution < -0.4 is 0 Å². The number of fused-ring (bicyclic) bond motifs is 6. The molecular formula is C42H48O9. The fraction of sp³-hybridized carbons (Fsp3) is 0.500. The highest BCUT2D eigenvalue weighted by Crippen LogP contribution is 2.41. The average molecular weight is 697 g/mol. The molecule has 51 heavy (non-hydrogen) atoms. The summed E-state index contributed by atoms with van der Waals surface area (Å²) in [4.78, 5) is 42.2. The van der Waals surface area contributed by atoms with Crippen molar-refractivity contribution >= 4 is 17.9 Å².